The lowest BCUT2D eigenvalue weighted by Crippen LogP contribution is -2.36. The minimum atomic E-state index is -0.829. The van der Waals surface area contributed by atoms with Crippen molar-refractivity contribution in [3.05, 3.63) is 96.3 Å². The van der Waals surface area contributed by atoms with Gasteiger partial charge in [0.1, 0.15) is 5.92 Å². The second-order valence-corrected chi connectivity index (χ2v) is 7.19. The van der Waals surface area contributed by atoms with E-state index in [1.165, 1.54) is 4.90 Å². The van der Waals surface area contributed by atoms with Crippen molar-refractivity contribution >= 4 is 17.5 Å². The molecular weight excluding hydrogens is 366 g/mol. The zero-order chi connectivity index (χ0) is 19.8. The lowest BCUT2D eigenvalue weighted by Gasteiger charge is -2.28. The number of carbonyl (C=O) groups excluding carboxylic acids is 2. The third-order valence-corrected chi connectivity index (χ3v) is 5.45. The molecule has 0 aliphatic carbocycles. The number of benzene rings is 2. The van der Waals surface area contributed by atoms with Crippen molar-refractivity contribution in [3.8, 4) is 0 Å². The van der Waals surface area contributed by atoms with Gasteiger partial charge in [-0.1, -0.05) is 48.5 Å². The number of hydrogen-bond donors (Lipinski definition) is 0. The SMILES string of the molecule is O=C1[C@H]2[C@@H](c3ccncc3)N(c3ccccc3)O[C@H]2C(=O)N1Cc1ccccc1. The number of pyridine rings is 1. The van der Waals surface area contributed by atoms with Crippen LogP contribution in [-0.2, 0) is 21.0 Å². The van der Waals surface area contributed by atoms with Crippen LogP contribution in [0, 0.1) is 5.92 Å². The van der Waals surface area contributed by atoms with Crippen LogP contribution in [0.3, 0.4) is 0 Å². The Morgan fingerprint density at radius 1 is 0.828 bits per heavy atom. The van der Waals surface area contributed by atoms with Crippen LogP contribution in [0.4, 0.5) is 5.69 Å². The lowest BCUT2D eigenvalue weighted by molar-refractivity contribution is -0.143. The van der Waals surface area contributed by atoms with E-state index in [1.54, 1.807) is 17.5 Å². The first-order chi connectivity index (χ1) is 14.2. The van der Waals surface area contributed by atoms with Gasteiger partial charge in [0.05, 0.1) is 18.3 Å². The van der Waals surface area contributed by atoms with Crippen LogP contribution in [0.5, 0.6) is 0 Å². The fraction of sp³-hybridized carbons (Fsp3) is 0.174. The van der Waals surface area contributed by atoms with E-state index in [0.29, 0.717) is 0 Å². The summed E-state index contributed by atoms with van der Waals surface area (Å²) in [6.07, 6.45) is 2.55. The molecule has 0 N–H and O–H groups in total. The zero-order valence-corrected chi connectivity index (χ0v) is 15.6. The van der Waals surface area contributed by atoms with Crippen molar-refractivity contribution < 1.29 is 14.4 Å². The number of carbonyl (C=O) groups is 2. The predicted octanol–water partition coefficient (Wildman–Crippen LogP) is 3.13. The second-order valence-electron chi connectivity index (χ2n) is 7.19. The third kappa shape index (κ3) is 2.98. The third-order valence-electron chi connectivity index (χ3n) is 5.45. The first-order valence-electron chi connectivity index (χ1n) is 9.54. The van der Waals surface area contributed by atoms with Gasteiger partial charge < -0.3 is 0 Å². The molecule has 2 amide bonds. The van der Waals surface area contributed by atoms with E-state index in [0.717, 1.165) is 16.8 Å². The molecule has 6 heteroatoms. The molecule has 0 spiro atoms. The van der Waals surface area contributed by atoms with E-state index >= 15 is 0 Å². The highest BCUT2D eigenvalue weighted by molar-refractivity contribution is 6.07. The molecule has 144 valence electrons. The number of nitrogens with zero attached hydrogens (tertiary/aromatic N) is 3. The van der Waals surface area contributed by atoms with E-state index in [-0.39, 0.29) is 18.4 Å². The molecule has 2 fully saturated rings. The smallest absolute Gasteiger partial charge is 0.262 e. The molecule has 0 bridgehead atoms. The fourth-order valence-electron chi connectivity index (χ4n) is 4.09. The molecule has 3 heterocycles. The molecule has 2 aromatic carbocycles. The van der Waals surface area contributed by atoms with E-state index in [9.17, 15) is 9.59 Å². The Bertz CT molecular complexity index is 1030. The Morgan fingerprint density at radius 3 is 2.17 bits per heavy atom. The zero-order valence-electron chi connectivity index (χ0n) is 15.6. The summed E-state index contributed by atoms with van der Waals surface area (Å²) in [5, 5.41) is 1.69. The second kappa shape index (κ2) is 7.14. The maximum absolute atomic E-state index is 13.3. The summed E-state index contributed by atoms with van der Waals surface area (Å²) in [6.45, 7) is 0.253. The van der Waals surface area contributed by atoms with Gasteiger partial charge in [-0.05, 0) is 35.4 Å². The topological polar surface area (TPSA) is 62.7 Å². The molecule has 2 aliphatic heterocycles. The molecule has 3 aromatic rings. The number of hydroxylamine groups is 1. The molecular formula is C23H19N3O3. The van der Waals surface area contributed by atoms with Crippen LogP contribution in [0.25, 0.3) is 0 Å². The maximum atomic E-state index is 13.3. The van der Waals surface area contributed by atoms with Gasteiger partial charge in [0.25, 0.3) is 5.91 Å². The van der Waals surface area contributed by atoms with Crippen molar-refractivity contribution in [2.75, 3.05) is 5.06 Å². The summed E-state index contributed by atoms with van der Waals surface area (Å²) in [5.74, 6) is -1.10. The van der Waals surface area contributed by atoms with E-state index in [2.05, 4.69) is 4.98 Å². The predicted molar refractivity (Wildman–Crippen MR) is 106 cm³/mol. The summed E-state index contributed by atoms with van der Waals surface area (Å²) >= 11 is 0. The minimum Gasteiger partial charge on any atom is -0.275 e. The van der Waals surface area contributed by atoms with Gasteiger partial charge >= 0.3 is 0 Å². The van der Waals surface area contributed by atoms with E-state index in [1.807, 2.05) is 72.8 Å². The molecule has 0 unspecified atom stereocenters. The molecule has 0 saturated carbocycles. The van der Waals surface area contributed by atoms with Crippen molar-refractivity contribution in [2.45, 2.75) is 18.7 Å². The van der Waals surface area contributed by atoms with Crippen molar-refractivity contribution in [1.29, 1.82) is 0 Å². The number of para-hydroxylation sites is 1. The summed E-state index contributed by atoms with van der Waals surface area (Å²) in [5.41, 5.74) is 2.60. The van der Waals surface area contributed by atoms with E-state index in [4.69, 9.17) is 4.84 Å². The quantitative estimate of drug-likeness (QED) is 0.646. The molecule has 2 aliphatic rings. The van der Waals surface area contributed by atoms with E-state index < -0.39 is 18.1 Å². The number of aromatic nitrogens is 1. The average Bonchev–Trinajstić information content (AvgIpc) is 3.28. The van der Waals surface area contributed by atoms with Crippen molar-refractivity contribution in [2.24, 2.45) is 5.92 Å². The Hall–Kier alpha value is -3.51. The van der Waals surface area contributed by atoms with Crippen LogP contribution < -0.4 is 5.06 Å². The number of rotatable bonds is 4. The summed E-state index contributed by atoms with van der Waals surface area (Å²) in [7, 11) is 0. The van der Waals surface area contributed by atoms with Crippen molar-refractivity contribution in [3.63, 3.8) is 0 Å². The first-order valence-corrected chi connectivity index (χ1v) is 9.54. The van der Waals surface area contributed by atoms with Gasteiger partial charge in [0.2, 0.25) is 5.91 Å². The van der Waals surface area contributed by atoms with Crippen LogP contribution in [0.1, 0.15) is 17.2 Å². The molecule has 0 radical (unpaired) electrons. The molecule has 5 rings (SSSR count). The van der Waals surface area contributed by atoms with Crippen LogP contribution in [0.2, 0.25) is 0 Å². The number of anilines is 1. The number of imide groups is 1. The van der Waals surface area contributed by atoms with Gasteiger partial charge in [-0.2, -0.15) is 0 Å². The Labute approximate surface area is 168 Å². The highest BCUT2D eigenvalue weighted by atomic mass is 16.7. The standard InChI is InChI=1S/C23H19N3O3/c27-22-19-20(17-11-13-24-14-12-17)26(18-9-5-2-6-10-18)29-21(19)23(28)25(22)15-16-7-3-1-4-8-16/h1-14,19-21H,15H2/t19-,20+,21+/m0/s1. The Kier molecular flexibility index (Phi) is 4.33. The Balaban J connectivity index is 1.52. The van der Waals surface area contributed by atoms with Crippen molar-refractivity contribution in [1.82, 2.24) is 9.88 Å². The minimum absolute atomic E-state index is 0.205. The Morgan fingerprint density at radius 2 is 1.48 bits per heavy atom. The lowest BCUT2D eigenvalue weighted by atomic mass is 9.91. The highest BCUT2D eigenvalue weighted by Crippen LogP contribution is 2.46. The van der Waals surface area contributed by atoms with Gasteiger partial charge in [-0.15, -0.1) is 0 Å². The fourth-order valence-corrected chi connectivity index (χ4v) is 4.09. The monoisotopic (exact) mass is 385 g/mol. The molecule has 2 saturated heterocycles. The molecule has 3 atom stereocenters. The number of amides is 2. The summed E-state index contributed by atoms with van der Waals surface area (Å²) in [6, 6.07) is 22.4. The van der Waals surface area contributed by atoms with Gasteiger partial charge in [-0.3, -0.25) is 24.3 Å². The maximum Gasteiger partial charge on any atom is 0.262 e. The van der Waals surface area contributed by atoms with Crippen LogP contribution in [0.15, 0.2) is 85.2 Å². The van der Waals surface area contributed by atoms with Gasteiger partial charge in [-0.25, -0.2) is 5.06 Å². The average molecular weight is 385 g/mol. The number of likely N-dealkylation sites (tertiary alicyclic amines) is 1. The molecule has 29 heavy (non-hydrogen) atoms. The van der Waals surface area contributed by atoms with Gasteiger partial charge in [0, 0.05) is 12.4 Å². The number of fused-ring (bicyclic) bond motifs is 1. The largest absolute Gasteiger partial charge is 0.275 e. The van der Waals surface area contributed by atoms with Crippen LogP contribution in [-0.4, -0.2) is 27.8 Å². The molecule has 6 nitrogen and oxygen atoms in total. The summed E-state index contributed by atoms with van der Waals surface area (Å²) < 4.78 is 0. The first kappa shape index (κ1) is 17.6. The summed E-state index contributed by atoms with van der Waals surface area (Å²) in [4.78, 5) is 37.9. The van der Waals surface area contributed by atoms with Gasteiger partial charge in [0.15, 0.2) is 6.10 Å². The normalized spacial score (nSPS) is 23.5. The number of hydrogen-bond acceptors (Lipinski definition) is 5. The molecule has 1 aromatic heterocycles. The highest BCUT2D eigenvalue weighted by Gasteiger charge is 2.59. The van der Waals surface area contributed by atoms with Crippen LogP contribution >= 0.6 is 0 Å².